The van der Waals surface area contributed by atoms with Crippen LogP contribution in [0.3, 0.4) is 0 Å². The van der Waals surface area contributed by atoms with Gasteiger partial charge in [0.1, 0.15) is 29.9 Å². The first kappa shape index (κ1) is 48.4. The van der Waals surface area contributed by atoms with Gasteiger partial charge in [-0.2, -0.15) is 0 Å². The van der Waals surface area contributed by atoms with E-state index in [2.05, 4.69) is 31.9 Å². The molecule has 1 saturated heterocycles. The van der Waals surface area contributed by atoms with Crippen LogP contribution in [0, 0.1) is 5.92 Å². The van der Waals surface area contributed by atoms with Crippen LogP contribution in [0.1, 0.15) is 104 Å². The predicted molar refractivity (Wildman–Crippen MR) is 239 cm³/mol. The number of nitrogens with two attached hydrogens (primary N) is 1. The summed E-state index contributed by atoms with van der Waals surface area (Å²) in [6, 6.07) is 13.2. The van der Waals surface area contributed by atoms with Crippen LogP contribution in [0.15, 0.2) is 66.7 Å². The van der Waals surface area contributed by atoms with Gasteiger partial charge in [0, 0.05) is 48.4 Å². The second-order valence-corrected chi connectivity index (χ2v) is 16.7. The van der Waals surface area contributed by atoms with E-state index >= 15 is 0 Å². The summed E-state index contributed by atoms with van der Waals surface area (Å²) in [5.41, 5.74) is 8.31. The molecule has 1 heterocycles. The number of aromatic hydroxyl groups is 1. The van der Waals surface area contributed by atoms with Crippen LogP contribution in [-0.2, 0) is 35.2 Å². The minimum absolute atomic E-state index is 0.00832. The van der Waals surface area contributed by atoms with E-state index in [9.17, 15) is 43.5 Å². The molecule has 9 N–H and O–H groups in total. The highest BCUT2D eigenvalue weighted by Crippen LogP contribution is 2.32. The molecule has 0 unspecified atom stereocenters. The number of phenolic OH excluding ortho intramolecular Hbond substituents is 1. The lowest BCUT2D eigenvalue weighted by Crippen LogP contribution is -2.57. The number of amides is 6. The first-order chi connectivity index (χ1) is 30.6. The summed E-state index contributed by atoms with van der Waals surface area (Å²) in [4.78, 5) is 108. The van der Waals surface area contributed by atoms with Gasteiger partial charge in [-0.1, -0.05) is 75.7 Å². The van der Waals surface area contributed by atoms with Crippen LogP contribution in [-0.4, -0.2) is 113 Å². The van der Waals surface area contributed by atoms with Crippen LogP contribution in [0.4, 0.5) is 5.69 Å². The van der Waals surface area contributed by atoms with E-state index in [-0.39, 0.29) is 54.9 Å². The molecule has 0 bridgehead atoms. The summed E-state index contributed by atoms with van der Waals surface area (Å²) in [7, 11) is 0. The van der Waals surface area contributed by atoms with Crippen LogP contribution >= 0.6 is 0 Å². The van der Waals surface area contributed by atoms with Crippen molar-refractivity contribution in [3.05, 3.63) is 94.5 Å². The number of anilines is 1. The van der Waals surface area contributed by atoms with Crippen molar-refractivity contribution >= 4 is 52.7 Å². The van der Waals surface area contributed by atoms with Gasteiger partial charge in [0.05, 0.1) is 18.2 Å². The molecule has 17 heteroatoms. The van der Waals surface area contributed by atoms with Crippen LogP contribution in [0.2, 0.25) is 0 Å². The molecule has 3 aromatic carbocycles. The van der Waals surface area contributed by atoms with Crippen molar-refractivity contribution in [2.45, 2.75) is 103 Å². The monoisotopic (exact) mass is 880 g/mol. The molecule has 1 aliphatic carbocycles. The Hall–Kier alpha value is -6.62. The Bertz CT molecular complexity index is 2210. The number of carbonyl (C=O) groups is 8. The molecule has 0 aromatic heterocycles. The Morgan fingerprint density at radius 2 is 1.44 bits per heavy atom. The number of carbonyl (C=O) groups excluding carboxylic acids is 8. The highest BCUT2D eigenvalue weighted by Gasteiger charge is 2.38. The number of hydrogen-bond acceptors (Lipinski definition) is 11. The number of likely N-dealkylation sites (tertiary alicyclic amines) is 1. The normalized spacial score (nSPS) is 16.1. The fourth-order valence-electron chi connectivity index (χ4n) is 7.88. The number of benzene rings is 3. The Balaban J connectivity index is 1.12. The van der Waals surface area contributed by atoms with Gasteiger partial charge in [0.2, 0.25) is 35.4 Å². The molecule has 2 aliphatic rings. The zero-order valence-electron chi connectivity index (χ0n) is 36.8. The lowest BCUT2D eigenvalue weighted by molar-refractivity contribution is -0.141. The number of hydrogen-bond donors (Lipinski definition) is 8. The molecule has 5 rings (SSSR count). The highest BCUT2D eigenvalue weighted by molar-refractivity contribution is 6.30. The van der Waals surface area contributed by atoms with Crippen LogP contribution < -0.4 is 37.6 Å². The molecule has 0 spiro atoms. The van der Waals surface area contributed by atoms with Crippen molar-refractivity contribution in [3.8, 4) is 5.75 Å². The Labute approximate surface area is 373 Å². The molecule has 342 valence electrons. The van der Waals surface area contributed by atoms with Gasteiger partial charge in [-0.25, -0.2) is 0 Å². The van der Waals surface area contributed by atoms with Crippen LogP contribution in [0.25, 0.3) is 0 Å². The van der Waals surface area contributed by atoms with Crippen molar-refractivity contribution in [1.82, 2.24) is 31.5 Å². The van der Waals surface area contributed by atoms with E-state index in [0.29, 0.717) is 72.3 Å². The maximum atomic E-state index is 14.0. The second-order valence-electron chi connectivity index (χ2n) is 16.7. The van der Waals surface area contributed by atoms with Gasteiger partial charge < -0.3 is 47.6 Å². The van der Waals surface area contributed by atoms with Crippen molar-refractivity contribution in [1.29, 1.82) is 0 Å². The molecule has 5 atom stereocenters. The van der Waals surface area contributed by atoms with E-state index in [0.717, 1.165) is 0 Å². The third kappa shape index (κ3) is 12.5. The third-order valence-corrected chi connectivity index (χ3v) is 11.2. The van der Waals surface area contributed by atoms with E-state index in [1.807, 2.05) is 20.8 Å². The molecule has 3 aromatic rings. The number of nitrogens with one attached hydrogen (secondary N) is 6. The fraction of sp³-hybridized carbons (Fsp3) is 0.447. The van der Waals surface area contributed by atoms with Crippen LogP contribution in [0.5, 0.6) is 5.75 Å². The Morgan fingerprint density at radius 1 is 0.766 bits per heavy atom. The Kier molecular flexibility index (Phi) is 17.1. The largest absolute Gasteiger partial charge is 0.508 e. The zero-order chi connectivity index (χ0) is 46.5. The third-order valence-electron chi connectivity index (χ3n) is 11.2. The summed E-state index contributed by atoms with van der Waals surface area (Å²) >= 11 is 0. The van der Waals surface area contributed by atoms with E-state index in [1.54, 1.807) is 54.6 Å². The first-order valence-electron chi connectivity index (χ1n) is 21.9. The van der Waals surface area contributed by atoms with Gasteiger partial charge in [-0.3, -0.25) is 38.4 Å². The number of ketones is 2. The molecule has 1 fully saturated rings. The molecule has 1 aliphatic heterocycles. The number of nitrogens with zero attached hydrogens (tertiary/aromatic N) is 1. The number of phenols is 1. The fourth-order valence-corrected chi connectivity index (χ4v) is 7.88. The van der Waals surface area contributed by atoms with Crippen molar-refractivity contribution in [3.63, 3.8) is 0 Å². The maximum absolute atomic E-state index is 14.0. The van der Waals surface area contributed by atoms with Crippen molar-refractivity contribution in [2.75, 3.05) is 31.5 Å². The van der Waals surface area contributed by atoms with Crippen molar-refractivity contribution in [2.24, 2.45) is 11.7 Å². The van der Waals surface area contributed by atoms with Gasteiger partial charge in [0.15, 0.2) is 11.6 Å². The topological polar surface area (TPSA) is 258 Å². The summed E-state index contributed by atoms with van der Waals surface area (Å²) in [5.74, 6) is -3.63. The molecule has 6 amide bonds. The minimum Gasteiger partial charge on any atom is -0.508 e. The number of rotatable bonds is 21. The summed E-state index contributed by atoms with van der Waals surface area (Å²) in [6.07, 6.45) is 2.58. The number of fused-ring (bicyclic) bond motifs is 2. The molecular weight excluding hydrogens is 821 g/mol. The average molecular weight is 881 g/mol. The van der Waals surface area contributed by atoms with Gasteiger partial charge in [-0.05, 0) is 68.7 Å². The summed E-state index contributed by atoms with van der Waals surface area (Å²) in [6.45, 7) is 7.60. The van der Waals surface area contributed by atoms with Gasteiger partial charge in [0.25, 0.3) is 0 Å². The average Bonchev–Trinajstić information content (AvgIpc) is 3.77. The van der Waals surface area contributed by atoms with Crippen molar-refractivity contribution < 1.29 is 43.5 Å². The highest BCUT2D eigenvalue weighted by atomic mass is 16.3. The standard InChI is InChI=1S/C47H60N8O9/c1-5-11-35(53-45(62)36(54-43(60)28(4)48)25-29-17-19-30(56)20-18-29)44(61)51-26-39(57)52-37(24-27(2)3)47(64)55-23-9-16-38(55)46(63)50-22-10-21-49-34-15-8-14-33-40(34)42(59)32-13-7-6-12-31(32)41(33)58/h6-8,12-15,17-20,27-28,35-38,49,56H,5,9-11,16,21-26,48H2,1-4H3,(H,50,63)(H,51,61)(H,52,57)(H,53,62)(H,54,60)/t28-,35-,36-,37-,38-/m0/s1. The maximum Gasteiger partial charge on any atom is 0.245 e. The minimum atomic E-state index is -1.10. The lowest BCUT2D eigenvalue weighted by Gasteiger charge is -2.29. The predicted octanol–water partition coefficient (Wildman–Crippen LogP) is 2.08. The molecule has 64 heavy (non-hydrogen) atoms. The van der Waals surface area contributed by atoms with E-state index < -0.39 is 66.3 Å². The van der Waals surface area contributed by atoms with Gasteiger partial charge in [-0.15, -0.1) is 0 Å². The van der Waals surface area contributed by atoms with E-state index in [4.69, 9.17) is 5.73 Å². The Morgan fingerprint density at radius 3 is 2.11 bits per heavy atom. The summed E-state index contributed by atoms with van der Waals surface area (Å²) < 4.78 is 0. The zero-order valence-corrected chi connectivity index (χ0v) is 36.8. The molecule has 0 radical (unpaired) electrons. The van der Waals surface area contributed by atoms with E-state index in [1.165, 1.54) is 24.0 Å². The quantitative estimate of drug-likeness (QED) is 0.0563. The molecular formula is C47H60N8O9. The smallest absolute Gasteiger partial charge is 0.245 e. The molecule has 17 nitrogen and oxygen atoms in total. The second kappa shape index (κ2) is 22.6. The first-order valence-corrected chi connectivity index (χ1v) is 21.9. The SMILES string of the molecule is CCC[C@H](NC(=O)[C@H](Cc1ccc(O)cc1)NC(=O)[C@H](C)N)C(=O)NCC(=O)N[C@@H](CC(C)C)C(=O)N1CCC[C@H]1C(=O)NCCCNc1cccc2c1C(=O)c1ccccc1C2=O. The lowest BCUT2D eigenvalue weighted by atomic mass is 9.83. The summed E-state index contributed by atoms with van der Waals surface area (Å²) in [5, 5.41) is 26.4. The molecule has 0 saturated carbocycles. The van der Waals surface area contributed by atoms with Gasteiger partial charge >= 0.3 is 0 Å².